The Labute approximate surface area is 180 Å². The van der Waals surface area contributed by atoms with Crippen LogP contribution in [-0.4, -0.2) is 16.6 Å². The standard InChI is InChI=1S/C27H23NO3/c28-27(26(29)30)13-12-19-10-11-25(16-23(19)17-27)31-24-7-3-6-21(15-24)22-9-8-18-4-1-2-5-20(18)14-22/h1-11,14-16H,12-13,17,28H2,(H,29,30). The molecule has 0 spiro atoms. The van der Waals surface area contributed by atoms with Crippen LogP contribution in [0.1, 0.15) is 17.5 Å². The van der Waals surface area contributed by atoms with Crippen molar-refractivity contribution in [3.05, 3.63) is 96.1 Å². The van der Waals surface area contributed by atoms with Gasteiger partial charge >= 0.3 is 5.97 Å². The molecule has 0 bridgehead atoms. The molecule has 1 atom stereocenters. The summed E-state index contributed by atoms with van der Waals surface area (Å²) >= 11 is 0. The van der Waals surface area contributed by atoms with E-state index in [1.165, 1.54) is 10.8 Å². The fourth-order valence-corrected chi connectivity index (χ4v) is 4.29. The Morgan fingerprint density at radius 2 is 1.58 bits per heavy atom. The highest BCUT2D eigenvalue weighted by atomic mass is 16.5. The first-order chi connectivity index (χ1) is 15.0. The normalized spacial score (nSPS) is 17.8. The molecule has 154 valence electrons. The second-order valence-electron chi connectivity index (χ2n) is 8.26. The van der Waals surface area contributed by atoms with Gasteiger partial charge in [-0.1, -0.05) is 54.6 Å². The van der Waals surface area contributed by atoms with Gasteiger partial charge in [-0.15, -0.1) is 0 Å². The summed E-state index contributed by atoms with van der Waals surface area (Å²) in [6.45, 7) is 0. The minimum Gasteiger partial charge on any atom is -0.480 e. The summed E-state index contributed by atoms with van der Waals surface area (Å²) in [6, 6.07) is 28.6. The van der Waals surface area contributed by atoms with Gasteiger partial charge in [0.1, 0.15) is 17.0 Å². The van der Waals surface area contributed by atoms with Gasteiger partial charge in [0.25, 0.3) is 0 Å². The van der Waals surface area contributed by atoms with Gasteiger partial charge in [-0.2, -0.15) is 0 Å². The summed E-state index contributed by atoms with van der Waals surface area (Å²) < 4.78 is 6.13. The van der Waals surface area contributed by atoms with Gasteiger partial charge in [0.05, 0.1) is 0 Å². The maximum absolute atomic E-state index is 11.6. The molecule has 0 saturated carbocycles. The predicted molar refractivity (Wildman–Crippen MR) is 122 cm³/mol. The third kappa shape index (κ3) is 3.78. The van der Waals surface area contributed by atoms with Crippen molar-refractivity contribution in [3.8, 4) is 22.6 Å². The Morgan fingerprint density at radius 3 is 2.42 bits per heavy atom. The number of nitrogens with two attached hydrogens (primary N) is 1. The molecule has 1 aliphatic rings. The fourth-order valence-electron chi connectivity index (χ4n) is 4.29. The average molecular weight is 409 g/mol. The van der Waals surface area contributed by atoms with Gasteiger partial charge in [-0.25, -0.2) is 0 Å². The molecule has 4 aromatic rings. The number of fused-ring (bicyclic) bond motifs is 2. The van der Waals surface area contributed by atoms with Crippen molar-refractivity contribution in [3.63, 3.8) is 0 Å². The van der Waals surface area contributed by atoms with Crippen molar-refractivity contribution in [2.24, 2.45) is 5.73 Å². The predicted octanol–water partition coefficient (Wildman–Crippen LogP) is 5.57. The second kappa shape index (κ2) is 7.56. The topological polar surface area (TPSA) is 72.6 Å². The van der Waals surface area contributed by atoms with E-state index in [2.05, 4.69) is 36.4 Å². The lowest BCUT2D eigenvalue weighted by Crippen LogP contribution is -2.52. The maximum Gasteiger partial charge on any atom is 0.324 e. The molecule has 3 N–H and O–H groups in total. The van der Waals surface area contributed by atoms with Crippen LogP contribution in [0.2, 0.25) is 0 Å². The highest BCUT2D eigenvalue weighted by Crippen LogP contribution is 2.33. The first kappa shape index (κ1) is 19.3. The zero-order valence-corrected chi connectivity index (χ0v) is 17.0. The number of carboxylic acids is 1. The van der Waals surface area contributed by atoms with Crippen LogP contribution in [0.5, 0.6) is 11.5 Å². The van der Waals surface area contributed by atoms with Crippen LogP contribution < -0.4 is 10.5 Å². The zero-order chi connectivity index (χ0) is 21.4. The van der Waals surface area contributed by atoms with E-state index in [4.69, 9.17) is 10.5 Å². The van der Waals surface area contributed by atoms with Gasteiger partial charge in [0, 0.05) is 6.42 Å². The molecule has 0 aliphatic heterocycles. The summed E-state index contributed by atoms with van der Waals surface area (Å²) in [5.41, 5.74) is 9.18. The van der Waals surface area contributed by atoms with Gasteiger partial charge in [-0.05, 0) is 76.2 Å². The van der Waals surface area contributed by atoms with Crippen LogP contribution in [0.15, 0.2) is 84.9 Å². The van der Waals surface area contributed by atoms with E-state index in [0.717, 1.165) is 28.0 Å². The monoisotopic (exact) mass is 409 g/mol. The molecule has 0 amide bonds. The summed E-state index contributed by atoms with van der Waals surface area (Å²) in [7, 11) is 0. The molecular formula is C27H23NO3. The maximum atomic E-state index is 11.6. The first-order valence-corrected chi connectivity index (χ1v) is 10.4. The SMILES string of the molecule is NC1(C(=O)O)CCc2ccc(Oc3cccc(-c4ccc5ccccc5c4)c3)cc2C1. The average Bonchev–Trinajstić information content (AvgIpc) is 2.78. The number of hydrogen-bond acceptors (Lipinski definition) is 3. The zero-order valence-electron chi connectivity index (χ0n) is 17.0. The minimum atomic E-state index is -1.21. The largest absolute Gasteiger partial charge is 0.480 e. The first-order valence-electron chi connectivity index (χ1n) is 10.4. The van der Waals surface area contributed by atoms with Crippen LogP contribution in [-0.2, 0) is 17.6 Å². The Hall–Kier alpha value is -3.63. The van der Waals surface area contributed by atoms with E-state index in [9.17, 15) is 9.90 Å². The molecule has 1 aliphatic carbocycles. The minimum absolute atomic E-state index is 0.312. The van der Waals surface area contributed by atoms with E-state index in [0.29, 0.717) is 25.0 Å². The van der Waals surface area contributed by atoms with Gasteiger partial charge in [0.2, 0.25) is 0 Å². The highest BCUT2D eigenvalue weighted by Gasteiger charge is 2.37. The Morgan fingerprint density at radius 1 is 0.806 bits per heavy atom. The number of carboxylic acid groups (broad SMARTS) is 1. The summed E-state index contributed by atoms with van der Waals surface area (Å²) in [6.07, 6.45) is 1.42. The molecule has 0 saturated heterocycles. The lowest BCUT2D eigenvalue weighted by molar-refractivity contribution is -0.143. The molecule has 0 aromatic heterocycles. The number of aliphatic carboxylic acids is 1. The number of carbonyl (C=O) groups is 1. The van der Waals surface area contributed by atoms with Crippen LogP contribution in [0.4, 0.5) is 0 Å². The molecule has 0 radical (unpaired) electrons. The molecule has 0 fully saturated rings. The lowest BCUT2D eigenvalue weighted by Gasteiger charge is -2.31. The van der Waals surface area contributed by atoms with Crippen molar-refractivity contribution in [1.82, 2.24) is 0 Å². The highest BCUT2D eigenvalue weighted by molar-refractivity contribution is 5.87. The van der Waals surface area contributed by atoms with E-state index in [1.54, 1.807) is 0 Å². The summed E-state index contributed by atoms with van der Waals surface area (Å²) in [4.78, 5) is 11.6. The van der Waals surface area contributed by atoms with Crippen LogP contribution >= 0.6 is 0 Å². The number of rotatable bonds is 4. The van der Waals surface area contributed by atoms with Crippen molar-refractivity contribution in [1.29, 1.82) is 0 Å². The molecule has 0 heterocycles. The molecule has 31 heavy (non-hydrogen) atoms. The lowest BCUT2D eigenvalue weighted by atomic mass is 9.78. The Balaban J connectivity index is 1.42. The number of benzene rings is 4. The van der Waals surface area contributed by atoms with Gasteiger partial charge in [0.15, 0.2) is 0 Å². The Kier molecular flexibility index (Phi) is 4.72. The van der Waals surface area contributed by atoms with E-state index in [-0.39, 0.29) is 0 Å². The van der Waals surface area contributed by atoms with Crippen LogP contribution in [0, 0.1) is 0 Å². The number of hydrogen-bond donors (Lipinski definition) is 2. The van der Waals surface area contributed by atoms with Crippen molar-refractivity contribution in [2.75, 3.05) is 0 Å². The van der Waals surface area contributed by atoms with E-state index >= 15 is 0 Å². The summed E-state index contributed by atoms with van der Waals surface area (Å²) in [5, 5.41) is 11.9. The fraction of sp³-hybridized carbons (Fsp3) is 0.148. The summed E-state index contributed by atoms with van der Waals surface area (Å²) in [5.74, 6) is 0.468. The van der Waals surface area contributed by atoms with Gasteiger partial charge in [-0.3, -0.25) is 4.79 Å². The smallest absolute Gasteiger partial charge is 0.324 e. The third-order valence-corrected chi connectivity index (χ3v) is 6.10. The van der Waals surface area contributed by atoms with Crippen molar-refractivity contribution in [2.45, 2.75) is 24.8 Å². The van der Waals surface area contributed by atoms with Gasteiger partial charge < -0.3 is 15.6 Å². The van der Waals surface area contributed by atoms with Crippen molar-refractivity contribution < 1.29 is 14.6 Å². The molecule has 4 aromatic carbocycles. The molecule has 1 unspecified atom stereocenters. The van der Waals surface area contributed by atoms with Crippen LogP contribution in [0.3, 0.4) is 0 Å². The quantitative estimate of drug-likeness (QED) is 0.462. The number of ether oxygens (including phenoxy) is 1. The molecular weight excluding hydrogens is 386 g/mol. The number of aryl methyl sites for hydroxylation is 1. The molecule has 4 nitrogen and oxygen atoms in total. The molecule has 4 heteroatoms. The second-order valence-corrected chi connectivity index (χ2v) is 8.26. The van der Waals surface area contributed by atoms with Crippen LogP contribution in [0.25, 0.3) is 21.9 Å². The van der Waals surface area contributed by atoms with E-state index in [1.807, 2.05) is 48.5 Å². The van der Waals surface area contributed by atoms with E-state index < -0.39 is 11.5 Å². The Bertz CT molecular complexity index is 1300. The molecule has 5 rings (SSSR count). The van der Waals surface area contributed by atoms with Crippen molar-refractivity contribution >= 4 is 16.7 Å². The third-order valence-electron chi connectivity index (χ3n) is 6.10.